The molecule has 7 heteroatoms. The second kappa shape index (κ2) is 8.15. The Labute approximate surface area is 167 Å². The average Bonchev–Trinajstić information content (AvgIpc) is 3.19. The monoisotopic (exact) mass is 388 g/mol. The molecule has 2 saturated carbocycles. The van der Waals surface area contributed by atoms with Crippen molar-refractivity contribution in [2.75, 3.05) is 39.3 Å². The highest BCUT2D eigenvalue weighted by Gasteiger charge is 2.59. The van der Waals surface area contributed by atoms with E-state index in [0.717, 1.165) is 38.6 Å². The van der Waals surface area contributed by atoms with Crippen molar-refractivity contribution in [3.8, 4) is 0 Å². The van der Waals surface area contributed by atoms with Gasteiger partial charge in [-0.3, -0.25) is 9.79 Å². The van der Waals surface area contributed by atoms with E-state index in [9.17, 15) is 4.79 Å². The Hall–Kier alpha value is -2.02. The lowest BCUT2D eigenvalue weighted by Crippen LogP contribution is -2.69. The van der Waals surface area contributed by atoms with Gasteiger partial charge in [-0.25, -0.2) is 0 Å². The molecule has 2 atom stereocenters. The lowest BCUT2D eigenvalue weighted by atomic mass is 9.51. The molecule has 3 fully saturated rings. The van der Waals surface area contributed by atoms with Crippen LogP contribution in [0.3, 0.4) is 0 Å². The molecule has 7 nitrogen and oxygen atoms in total. The fourth-order valence-corrected chi connectivity index (χ4v) is 4.86. The Morgan fingerprint density at radius 1 is 1.29 bits per heavy atom. The first-order valence-electron chi connectivity index (χ1n) is 10.7. The van der Waals surface area contributed by atoms with Gasteiger partial charge in [-0.1, -0.05) is 6.42 Å². The maximum atomic E-state index is 12.5. The van der Waals surface area contributed by atoms with Crippen molar-refractivity contribution in [1.82, 2.24) is 15.1 Å². The molecule has 0 bridgehead atoms. The van der Waals surface area contributed by atoms with Crippen molar-refractivity contribution in [3.63, 3.8) is 0 Å². The molecule has 28 heavy (non-hydrogen) atoms. The fraction of sp³-hybridized carbons (Fsp3) is 0.714. The van der Waals surface area contributed by atoms with Crippen LogP contribution in [-0.2, 0) is 4.74 Å². The van der Waals surface area contributed by atoms with E-state index >= 15 is 0 Å². The Bertz CT molecular complexity index is 691. The first-order valence-corrected chi connectivity index (χ1v) is 10.7. The van der Waals surface area contributed by atoms with Gasteiger partial charge in [0.2, 0.25) is 0 Å². The van der Waals surface area contributed by atoms with E-state index in [1.54, 1.807) is 18.4 Å². The van der Waals surface area contributed by atoms with Crippen LogP contribution in [0.1, 0.15) is 50.1 Å². The Morgan fingerprint density at radius 3 is 2.61 bits per heavy atom. The molecule has 0 radical (unpaired) electrons. The van der Waals surface area contributed by atoms with Crippen molar-refractivity contribution in [1.29, 1.82) is 0 Å². The molecule has 1 aromatic heterocycles. The van der Waals surface area contributed by atoms with Crippen molar-refractivity contribution in [2.24, 2.45) is 10.4 Å². The number of hydrogen-bond donors (Lipinski definition) is 1. The van der Waals surface area contributed by atoms with Crippen LogP contribution in [0.25, 0.3) is 0 Å². The maximum Gasteiger partial charge on any atom is 0.289 e. The number of furan rings is 1. The molecule has 1 aliphatic heterocycles. The van der Waals surface area contributed by atoms with Gasteiger partial charge in [0, 0.05) is 50.8 Å². The third-order valence-electron chi connectivity index (χ3n) is 6.65. The summed E-state index contributed by atoms with van der Waals surface area (Å²) in [5.41, 5.74) is 0.307. The molecule has 2 heterocycles. The summed E-state index contributed by atoms with van der Waals surface area (Å²) in [4.78, 5) is 21.4. The normalized spacial score (nSPS) is 26.7. The first kappa shape index (κ1) is 19.3. The van der Waals surface area contributed by atoms with Crippen molar-refractivity contribution in [3.05, 3.63) is 24.2 Å². The molecule has 1 aromatic rings. The topological polar surface area (TPSA) is 70.3 Å². The molecule has 1 N–H and O–H groups in total. The summed E-state index contributed by atoms with van der Waals surface area (Å²) in [6.45, 7) is 8.63. The van der Waals surface area contributed by atoms with E-state index in [2.05, 4.69) is 24.1 Å². The number of guanidine groups is 1. The predicted molar refractivity (Wildman–Crippen MR) is 107 cm³/mol. The third-order valence-corrected chi connectivity index (χ3v) is 6.65. The molecule has 2 unspecified atom stereocenters. The molecule has 4 rings (SSSR count). The van der Waals surface area contributed by atoms with Crippen molar-refractivity contribution < 1.29 is 13.9 Å². The number of nitrogens with zero attached hydrogens (tertiary/aromatic N) is 3. The smallest absolute Gasteiger partial charge is 0.289 e. The van der Waals surface area contributed by atoms with Crippen molar-refractivity contribution in [2.45, 2.75) is 51.7 Å². The average molecular weight is 389 g/mol. The van der Waals surface area contributed by atoms with Gasteiger partial charge in [0.05, 0.1) is 12.4 Å². The van der Waals surface area contributed by atoms with Crippen LogP contribution in [0, 0.1) is 5.41 Å². The molecule has 1 saturated heterocycles. The SMILES string of the molecule is CCN=C(NC1CC(OCC)C12CCC2)N1CCN(C(=O)c2ccco2)CC1. The van der Waals surface area contributed by atoms with Crippen LogP contribution >= 0.6 is 0 Å². The second-order valence-corrected chi connectivity index (χ2v) is 8.02. The van der Waals surface area contributed by atoms with Gasteiger partial charge >= 0.3 is 0 Å². The van der Waals surface area contributed by atoms with Crippen LogP contribution in [-0.4, -0.2) is 73.1 Å². The highest BCUT2D eigenvalue weighted by molar-refractivity contribution is 5.91. The van der Waals surface area contributed by atoms with E-state index in [-0.39, 0.29) is 5.91 Å². The van der Waals surface area contributed by atoms with Gasteiger partial charge in [0.15, 0.2) is 11.7 Å². The van der Waals surface area contributed by atoms with Gasteiger partial charge in [-0.15, -0.1) is 0 Å². The van der Waals surface area contributed by atoms with E-state index in [1.807, 2.05) is 4.90 Å². The standard InChI is InChI=1S/C21H32N4O3/c1-3-22-20(23-17-15-18(27-4-2)21(17)8-6-9-21)25-12-10-24(11-13-25)19(26)16-7-5-14-28-16/h5,7,14,17-18H,3-4,6,8-13,15H2,1-2H3,(H,22,23). The predicted octanol–water partition coefficient (Wildman–Crippen LogP) is 2.35. The minimum atomic E-state index is -0.0291. The minimum Gasteiger partial charge on any atom is -0.459 e. The van der Waals surface area contributed by atoms with Crippen LogP contribution in [0.5, 0.6) is 0 Å². The quantitative estimate of drug-likeness (QED) is 0.619. The number of ether oxygens (including phenoxy) is 1. The van der Waals surface area contributed by atoms with E-state index in [1.165, 1.54) is 19.3 Å². The number of nitrogens with one attached hydrogen (secondary N) is 1. The van der Waals surface area contributed by atoms with Crippen LogP contribution in [0.4, 0.5) is 0 Å². The molecule has 1 spiro atoms. The fourth-order valence-electron chi connectivity index (χ4n) is 4.86. The first-order chi connectivity index (χ1) is 13.7. The van der Waals surface area contributed by atoms with Gasteiger partial charge in [0.25, 0.3) is 5.91 Å². The Balaban J connectivity index is 1.35. The van der Waals surface area contributed by atoms with Gasteiger partial charge in [-0.2, -0.15) is 0 Å². The number of aliphatic imine (C=N–C) groups is 1. The summed E-state index contributed by atoms with van der Waals surface area (Å²) >= 11 is 0. The largest absolute Gasteiger partial charge is 0.459 e. The molecule has 154 valence electrons. The maximum absolute atomic E-state index is 12.5. The van der Waals surface area contributed by atoms with E-state index in [4.69, 9.17) is 14.1 Å². The molecule has 1 amide bonds. The number of carbonyl (C=O) groups excluding carboxylic acids is 1. The second-order valence-electron chi connectivity index (χ2n) is 8.02. The summed E-state index contributed by atoms with van der Waals surface area (Å²) < 4.78 is 11.2. The highest BCUT2D eigenvalue weighted by atomic mass is 16.5. The summed E-state index contributed by atoms with van der Waals surface area (Å²) in [7, 11) is 0. The third kappa shape index (κ3) is 3.41. The molecular formula is C21H32N4O3. The van der Waals surface area contributed by atoms with Crippen LogP contribution in [0.2, 0.25) is 0 Å². The summed E-state index contributed by atoms with van der Waals surface area (Å²) in [6, 6.07) is 3.93. The lowest BCUT2D eigenvalue weighted by molar-refractivity contribution is -0.169. The Kier molecular flexibility index (Phi) is 5.62. The molecule has 3 aliphatic rings. The van der Waals surface area contributed by atoms with Gasteiger partial charge in [0.1, 0.15) is 0 Å². The zero-order valence-corrected chi connectivity index (χ0v) is 17.0. The van der Waals surface area contributed by atoms with Gasteiger partial charge < -0.3 is 24.3 Å². The number of rotatable bonds is 5. The zero-order chi connectivity index (χ0) is 19.6. The number of piperazine rings is 1. The number of hydrogen-bond acceptors (Lipinski definition) is 4. The molecule has 2 aliphatic carbocycles. The zero-order valence-electron chi connectivity index (χ0n) is 17.0. The van der Waals surface area contributed by atoms with Crippen LogP contribution < -0.4 is 5.32 Å². The van der Waals surface area contributed by atoms with E-state index < -0.39 is 0 Å². The lowest BCUT2D eigenvalue weighted by Gasteiger charge is -2.61. The Morgan fingerprint density at radius 2 is 2.04 bits per heavy atom. The minimum absolute atomic E-state index is 0.0291. The summed E-state index contributed by atoms with van der Waals surface area (Å²) in [6.07, 6.45) is 6.81. The molecular weight excluding hydrogens is 356 g/mol. The number of carbonyl (C=O) groups is 1. The van der Waals surface area contributed by atoms with E-state index in [0.29, 0.717) is 36.4 Å². The summed E-state index contributed by atoms with van der Waals surface area (Å²) in [5, 5.41) is 3.75. The highest BCUT2D eigenvalue weighted by Crippen LogP contribution is 2.57. The molecule has 0 aromatic carbocycles. The van der Waals surface area contributed by atoms with Crippen LogP contribution in [0.15, 0.2) is 27.8 Å². The van der Waals surface area contributed by atoms with Crippen molar-refractivity contribution >= 4 is 11.9 Å². The number of amides is 1. The van der Waals surface area contributed by atoms with Gasteiger partial charge in [-0.05, 0) is 45.2 Å². The summed E-state index contributed by atoms with van der Waals surface area (Å²) in [5.74, 6) is 1.37.